The van der Waals surface area contributed by atoms with Gasteiger partial charge >= 0.3 is 11.9 Å². The maximum Gasteiger partial charge on any atom is 0.352 e. The van der Waals surface area contributed by atoms with Crippen molar-refractivity contribution in [3.63, 3.8) is 0 Å². The number of fused-ring (bicyclic) bond motifs is 1. The van der Waals surface area contributed by atoms with Crippen molar-refractivity contribution in [2.75, 3.05) is 18.1 Å². The van der Waals surface area contributed by atoms with Gasteiger partial charge < -0.3 is 25.7 Å². The Morgan fingerprint density at radius 1 is 1.02 bits per heavy atom. The lowest BCUT2D eigenvalue weighted by Crippen LogP contribution is -2.71. The third-order valence-corrected chi connectivity index (χ3v) is 10.8. The molecule has 4 rings (SSSR count). The number of hydrogen-bond acceptors (Lipinski definition) is 12. The molecule has 1 unspecified atom stereocenters. The average Bonchev–Trinajstić information content (AvgIpc) is 3.57. The smallest absolute Gasteiger partial charge is 0.352 e. The Kier molecular flexibility index (Phi) is 16.8. The Labute approximate surface area is 313 Å². The van der Waals surface area contributed by atoms with E-state index in [2.05, 4.69) is 26.8 Å². The molecule has 2 amide bonds. The molecule has 2 aliphatic heterocycles. The molecule has 1 saturated heterocycles. The van der Waals surface area contributed by atoms with E-state index in [1.54, 1.807) is 19.3 Å². The molecule has 2 aromatic rings. The quantitative estimate of drug-likeness (QED) is 0.0322. The largest absolute Gasteiger partial charge is 0.477 e. The molecule has 2 aliphatic rings. The number of carbonyl (C=O) groups is 4. The number of amides is 2. The number of nitrogen functional groups attached to an aromatic ring is 1. The zero-order chi connectivity index (χ0) is 37.3. The number of carbonyl (C=O) groups excluding carboxylic acids is 3. The summed E-state index contributed by atoms with van der Waals surface area (Å²) >= 11 is 2.24. The molecule has 4 N–H and O–H groups in total. The van der Waals surface area contributed by atoms with E-state index >= 15 is 0 Å². The van der Waals surface area contributed by atoms with Crippen LogP contribution in [0.1, 0.15) is 115 Å². The van der Waals surface area contributed by atoms with Crippen LogP contribution < -0.4 is 15.6 Å². The summed E-state index contributed by atoms with van der Waals surface area (Å²) in [6.07, 6.45) is 20.3. The number of hydrogen-bond donors (Lipinski definition) is 3. The molecule has 52 heavy (non-hydrogen) atoms. The molecule has 0 aromatic carbocycles. The average molecular weight is 759 g/mol. The SMILES string of the molecule is CCCCCCCCCCCCCCCC(=O)OCc1cc[n+](CC2=C(C(=O)O)N3C(=O)C(NC(=O)C(=NOCC)c4nsc(N)n4)[C@@H]3SC2)cc1. The van der Waals surface area contributed by atoms with Crippen molar-refractivity contribution in [3.05, 3.63) is 47.2 Å². The van der Waals surface area contributed by atoms with Crippen molar-refractivity contribution < 1.29 is 38.4 Å². The van der Waals surface area contributed by atoms with Gasteiger partial charge in [0.05, 0.1) is 0 Å². The van der Waals surface area contributed by atoms with Crippen LogP contribution in [0.25, 0.3) is 0 Å². The van der Waals surface area contributed by atoms with E-state index in [9.17, 15) is 24.3 Å². The fourth-order valence-electron chi connectivity index (χ4n) is 6.09. The van der Waals surface area contributed by atoms with Gasteiger partial charge in [0.15, 0.2) is 24.1 Å². The Morgan fingerprint density at radius 2 is 1.65 bits per heavy atom. The van der Waals surface area contributed by atoms with E-state index in [-0.39, 0.29) is 48.1 Å². The number of nitrogens with two attached hydrogens (primary N) is 1. The first-order valence-electron chi connectivity index (χ1n) is 18.4. The predicted octanol–water partition coefficient (Wildman–Crippen LogP) is 5.11. The van der Waals surface area contributed by atoms with Crippen LogP contribution in [0, 0.1) is 0 Å². The minimum absolute atomic E-state index is 0.0342. The van der Waals surface area contributed by atoms with E-state index in [1.807, 2.05) is 16.7 Å². The van der Waals surface area contributed by atoms with Gasteiger partial charge in [0.1, 0.15) is 30.3 Å². The van der Waals surface area contributed by atoms with Crippen LogP contribution in [0.4, 0.5) is 5.13 Å². The highest BCUT2D eigenvalue weighted by Crippen LogP contribution is 2.40. The van der Waals surface area contributed by atoms with Crippen molar-refractivity contribution in [3.8, 4) is 0 Å². The summed E-state index contributed by atoms with van der Waals surface area (Å²) in [5.74, 6) is -2.43. The molecule has 0 saturated carbocycles. The zero-order valence-electron chi connectivity index (χ0n) is 30.2. The van der Waals surface area contributed by atoms with Crippen molar-refractivity contribution in [1.82, 2.24) is 19.6 Å². The highest BCUT2D eigenvalue weighted by Gasteiger charge is 2.55. The highest BCUT2D eigenvalue weighted by atomic mass is 32.2. The van der Waals surface area contributed by atoms with E-state index in [0.717, 1.165) is 36.4 Å². The Bertz CT molecular complexity index is 1560. The third kappa shape index (κ3) is 12.0. The van der Waals surface area contributed by atoms with Gasteiger partial charge in [-0.2, -0.15) is 9.36 Å². The zero-order valence-corrected chi connectivity index (χ0v) is 31.9. The molecule has 0 bridgehead atoms. The molecule has 4 heterocycles. The normalized spacial score (nSPS) is 17.1. The van der Waals surface area contributed by atoms with Crippen molar-refractivity contribution >= 4 is 57.9 Å². The minimum Gasteiger partial charge on any atom is -0.477 e. The van der Waals surface area contributed by atoms with Gasteiger partial charge in [-0.1, -0.05) is 89.1 Å². The number of carboxylic acid groups (broad SMARTS) is 1. The number of thioether (sulfide) groups is 1. The molecule has 16 heteroatoms. The van der Waals surface area contributed by atoms with Gasteiger partial charge in [-0.3, -0.25) is 19.3 Å². The summed E-state index contributed by atoms with van der Waals surface area (Å²) in [6, 6.07) is 2.67. The fraction of sp³-hybridized carbons (Fsp3) is 0.611. The van der Waals surface area contributed by atoms with Crippen LogP contribution in [-0.2, 0) is 41.9 Å². The van der Waals surface area contributed by atoms with Gasteiger partial charge in [-0.15, -0.1) is 11.8 Å². The van der Waals surface area contributed by atoms with E-state index in [0.29, 0.717) is 17.7 Å². The van der Waals surface area contributed by atoms with Gasteiger partial charge in [0, 0.05) is 47.0 Å². The molecule has 14 nitrogen and oxygen atoms in total. The number of β-lactam (4-membered cyclic amide) rings is 1. The molecule has 0 radical (unpaired) electrons. The Morgan fingerprint density at radius 3 is 2.23 bits per heavy atom. The molecule has 2 aromatic heterocycles. The van der Waals surface area contributed by atoms with Crippen LogP contribution in [0.5, 0.6) is 0 Å². The molecule has 0 spiro atoms. The highest BCUT2D eigenvalue weighted by molar-refractivity contribution is 8.00. The lowest BCUT2D eigenvalue weighted by Gasteiger charge is -2.49. The second-order valence-corrected chi connectivity index (χ2v) is 14.9. The molecular formula is C36H52N7O7S2+. The van der Waals surface area contributed by atoms with Gasteiger partial charge in [-0.25, -0.2) is 9.36 Å². The fourth-order valence-corrected chi connectivity index (χ4v) is 7.86. The van der Waals surface area contributed by atoms with Gasteiger partial charge in [0.25, 0.3) is 11.8 Å². The van der Waals surface area contributed by atoms with Crippen molar-refractivity contribution in [2.45, 2.75) is 128 Å². The minimum atomic E-state index is -1.23. The van der Waals surface area contributed by atoms with Crippen LogP contribution in [-0.4, -0.2) is 72.6 Å². The molecule has 0 aliphatic carbocycles. The first-order valence-corrected chi connectivity index (χ1v) is 20.2. The van der Waals surface area contributed by atoms with E-state index < -0.39 is 29.2 Å². The third-order valence-electron chi connectivity index (χ3n) is 8.91. The predicted molar refractivity (Wildman–Crippen MR) is 199 cm³/mol. The Balaban J connectivity index is 1.18. The summed E-state index contributed by atoms with van der Waals surface area (Å²) in [5.41, 5.74) is 6.69. The first-order chi connectivity index (χ1) is 25.2. The molecule has 2 atom stereocenters. The molecular weight excluding hydrogens is 707 g/mol. The topological polar surface area (TPSA) is 190 Å². The maximum atomic E-state index is 13.2. The number of aromatic nitrogens is 3. The number of esters is 1. The molecule has 284 valence electrons. The number of nitrogens with zero attached hydrogens (tertiary/aromatic N) is 5. The van der Waals surface area contributed by atoms with Crippen LogP contribution in [0.15, 0.2) is 41.0 Å². The lowest BCUT2D eigenvalue weighted by atomic mass is 10.0. The summed E-state index contributed by atoms with van der Waals surface area (Å²) in [4.78, 5) is 61.2. The number of aliphatic carboxylic acids is 1. The van der Waals surface area contributed by atoms with Gasteiger partial charge in [-0.05, 0) is 13.3 Å². The summed E-state index contributed by atoms with van der Waals surface area (Å²) in [7, 11) is 0. The van der Waals surface area contributed by atoms with Crippen LogP contribution >= 0.6 is 23.3 Å². The summed E-state index contributed by atoms with van der Waals surface area (Å²) in [5, 5.41) is 16.0. The molecule has 1 fully saturated rings. The second-order valence-electron chi connectivity index (χ2n) is 13.0. The number of unbranched alkanes of at least 4 members (excludes halogenated alkanes) is 12. The summed E-state index contributed by atoms with van der Waals surface area (Å²) in [6.45, 7) is 4.53. The number of ether oxygens (including phenoxy) is 1. The van der Waals surface area contributed by atoms with E-state index in [1.165, 1.54) is 80.9 Å². The van der Waals surface area contributed by atoms with Gasteiger partial charge in [0.2, 0.25) is 11.5 Å². The number of oxime groups is 1. The van der Waals surface area contributed by atoms with E-state index in [4.69, 9.17) is 15.3 Å². The number of nitrogens with one attached hydrogen (secondary N) is 1. The lowest BCUT2D eigenvalue weighted by molar-refractivity contribution is -0.689. The first kappa shape index (κ1) is 40.7. The second kappa shape index (κ2) is 21.5. The monoisotopic (exact) mass is 758 g/mol. The maximum absolute atomic E-state index is 13.2. The standard InChI is InChI=1S/C36H51N7O7S2/c1-3-5-6-7-8-9-10-11-12-13-14-15-16-17-27(44)49-23-25-18-20-42(21-19-25)22-26-24-51-34-29(33(46)43(34)30(26)35(47)48)38-32(45)28(40-50-4-2)31-39-36(37)52-41-31/h18-21,29,34H,3-17,22-24H2,1-2H3,(H3-,37,38,39,41,45,47,48)/p+1/t29?,34-/m0/s1. The van der Waals surface area contributed by atoms with Crippen molar-refractivity contribution in [1.29, 1.82) is 0 Å². The van der Waals surface area contributed by atoms with Crippen LogP contribution in [0.2, 0.25) is 0 Å². The summed E-state index contributed by atoms with van der Waals surface area (Å²) < 4.78 is 11.3. The van der Waals surface area contributed by atoms with Crippen molar-refractivity contribution in [2.24, 2.45) is 5.16 Å². The number of rotatable bonds is 24. The number of carboxylic acids is 1. The number of anilines is 1. The van der Waals surface area contributed by atoms with Crippen LogP contribution in [0.3, 0.4) is 0 Å². The Hall–Kier alpha value is -4.05. The number of pyridine rings is 1.